The number of guanidine groups is 1. The Morgan fingerprint density at radius 2 is 1.96 bits per heavy atom. The molecule has 1 aromatic carbocycles. The van der Waals surface area contributed by atoms with E-state index in [-0.39, 0.29) is 0 Å². The number of benzene rings is 1. The van der Waals surface area contributed by atoms with Crippen molar-refractivity contribution < 1.29 is 9.47 Å². The van der Waals surface area contributed by atoms with Crippen molar-refractivity contribution >= 4 is 5.96 Å². The SMILES string of the molecule is CCNC(=NCC1CCCN(C(C)C)C1)NCCOc1ccc(OC)cc1. The lowest BCUT2D eigenvalue weighted by molar-refractivity contribution is 0.143. The lowest BCUT2D eigenvalue weighted by Crippen LogP contribution is -2.42. The molecule has 0 saturated carbocycles. The van der Waals surface area contributed by atoms with E-state index < -0.39 is 0 Å². The van der Waals surface area contributed by atoms with Crippen LogP contribution in [0.15, 0.2) is 29.3 Å². The quantitative estimate of drug-likeness (QED) is 0.394. The second kappa shape index (κ2) is 11.7. The van der Waals surface area contributed by atoms with Gasteiger partial charge in [0, 0.05) is 25.7 Å². The highest BCUT2D eigenvalue weighted by Crippen LogP contribution is 2.19. The Bertz CT molecular complexity index is 560. The van der Waals surface area contributed by atoms with E-state index in [2.05, 4.69) is 36.3 Å². The van der Waals surface area contributed by atoms with Gasteiger partial charge in [0.1, 0.15) is 18.1 Å². The average molecular weight is 377 g/mol. The second-order valence-electron chi connectivity index (χ2n) is 7.27. The zero-order valence-electron chi connectivity index (χ0n) is 17.3. The van der Waals surface area contributed by atoms with Crippen molar-refractivity contribution in [3.63, 3.8) is 0 Å². The summed E-state index contributed by atoms with van der Waals surface area (Å²) in [6.07, 6.45) is 2.55. The van der Waals surface area contributed by atoms with Gasteiger partial charge in [0.25, 0.3) is 0 Å². The summed E-state index contributed by atoms with van der Waals surface area (Å²) in [5, 5.41) is 6.69. The minimum Gasteiger partial charge on any atom is -0.497 e. The van der Waals surface area contributed by atoms with Crippen LogP contribution in [0.2, 0.25) is 0 Å². The Morgan fingerprint density at radius 3 is 2.63 bits per heavy atom. The Kier molecular flexibility index (Phi) is 9.25. The molecule has 1 heterocycles. The molecular formula is C21H36N4O2. The van der Waals surface area contributed by atoms with Gasteiger partial charge >= 0.3 is 0 Å². The average Bonchev–Trinajstić information content (AvgIpc) is 2.70. The lowest BCUT2D eigenvalue weighted by Gasteiger charge is -2.34. The molecule has 1 aromatic rings. The van der Waals surface area contributed by atoms with Crippen molar-refractivity contribution in [1.82, 2.24) is 15.5 Å². The first-order chi connectivity index (χ1) is 13.1. The number of likely N-dealkylation sites (tertiary alicyclic amines) is 1. The normalized spacial score (nSPS) is 18.4. The number of nitrogens with one attached hydrogen (secondary N) is 2. The molecule has 6 nitrogen and oxygen atoms in total. The van der Waals surface area contributed by atoms with E-state index >= 15 is 0 Å². The number of piperidine rings is 1. The van der Waals surface area contributed by atoms with E-state index in [4.69, 9.17) is 14.5 Å². The predicted octanol–water partition coefficient (Wildman–Crippen LogP) is 2.75. The molecule has 6 heteroatoms. The highest BCUT2D eigenvalue weighted by Gasteiger charge is 2.21. The summed E-state index contributed by atoms with van der Waals surface area (Å²) >= 11 is 0. The summed E-state index contributed by atoms with van der Waals surface area (Å²) in [5.74, 6) is 3.20. The van der Waals surface area contributed by atoms with Crippen LogP contribution >= 0.6 is 0 Å². The van der Waals surface area contributed by atoms with Gasteiger partial charge < -0.3 is 25.0 Å². The third kappa shape index (κ3) is 7.67. The fourth-order valence-electron chi connectivity index (χ4n) is 3.29. The predicted molar refractivity (Wildman–Crippen MR) is 112 cm³/mol. The van der Waals surface area contributed by atoms with Gasteiger partial charge in [0.05, 0.1) is 13.7 Å². The molecule has 0 amide bonds. The van der Waals surface area contributed by atoms with Gasteiger partial charge in [-0.3, -0.25) is 4.99 Å². The van der Waals surface area contributed by atoms with Gasteiger partial charge in [0.2, 0.25) is 0 Å². The molecule has 152 valence electrons. The summed E-state index contributed by atoms with van der Waals surface area (Å²) in [7, 11) is 1.66. The molecule has 2 N–H and O–H groups in total. The van der Waals surface area contributed by atoms with E-state index in [0.29, 0.717) is 25.1 Å². The lowest BCUT2D eigenvalue weighted by atomic mass is 9.97. The molecule has 0 aromatic heterocycles. The molecule has 0 radical (unpaired) electrons. The van der Waals surface area contributed by atoms with Crippen LogP contribution in [0.4, 0.5) is 0 Å². The number of ether oxygens (including phenoxy) is 2. The molecule has 1 saturated heterocycles. The summed E-state index contributed by atoms with van der Waals surface area (Å²) in [6, 6.07) is 8.26. The summed E-state index contributed by atoms with van der Waals surface area (Å²) < 4.78 is 10.9. The van der Waals surface area contributed by atoms with Crippen LogP contribution in [0.1, 0.15) is 33.6 Å². The van der Waals surface area contributed by atoms with E-state index in [0.717, 1.165) is 37.1 Å². The fourth-order valence-corrected chi connectivity index (χ4v) is 3.29. The first-order valence-electron chi connectivity index (χ1n) is 10.2. The van der Waals surface area contributed by atoms with Crippen LogP contribution in [0.3, 0.4) is 0 Å². The largest absolute Gasteiger partial charge is 0.497 e. The number of methoxy groups -OCH3 is 1. The zero-order chi connectivity index (χ0) is 19.5. The number of rotatable bonds is 9. The van der Waals surface area contributed by atoms with E-state index in [9.17, 15) is 0 Å². The number of hydrogen-bond acceptors (Lipinski definition) is 4. The van der Waals surface area contributed by atoms with Gasteiger partial charge in [-0.1, -0.05) is 0 Å². The van der Waals surface area contributed by atoms with Crippen LogP contribution in [-0.2, 0) is 0 Å². The molecule has 1 atom stereocenters. The molecule has 0 aliphatic carbocycles. The topological polar surface area (TPSA) is 58.1 Å². The summed E-state index contributed by atoms with van der Waals surface area (Å²) in [6.45, 7) is 12.0. The van der Waals surface area contributed by atoms with Crippen molar-refractivity contribution in [2.45, 2.75) is 39.7 Å². The third-order valence-corrected chi connectivity index (χ3v) is 4.86. The summed E-state index contributed by atoms with van der Waals surface area (Å²) in [5.41, 5.74) is 0. The van der Waals surface area contributed by atoms with Gasteiger partial charge in [-0.25, -0.2) is 0 Å². The molecule has 27 heavy (non-hydrogen) atoms. The Hall–Kier alpha value is -1.95. The zero-order valence-corrected chi connectivity index (χ0v) is 17.3. The van der Waals surface area contributed by atoms with Gasteiger partial charge in [-0.15, -0.1) is 0 Å². The van der Waals surface area contributed by atoms with Gasteiger partial charge in [0.15, 0.2) is 5.96 Å². The van der Waals surface area contributed by atoms with Crippen molar-refractivity contribution in [2.75, 3.05) is 46.4 Å². The maximum absolute atomic E-state index is 5.76. The molecule has 1 unspecified atom stereocenters. The van der Waals surface area contributed by atoms with Crippen molar-refractivity contribution in [3.05, 3.63) is 24.3 Å². The fraction of sp³-hybridized carbons (Fsp3) is 0.667. The molecular weight excluding hydrogens is 340 g/mol. The van der Waals surface area contributed by atoms with E-state index in [1.807, 2.05) is 24.3 Å². The van der Waals surface area contributed by atoms with Crippen molar-refractivity contribution in [2.24, 2.45) is 10.9 Å². The molecule has 1 aliphatic rings. The molecule has 2 rings (SSSR count). The molecule has 1 fully saturated rings. The van der Waals surface area contributed by atoms with E-state index in [1.165, 1.54) is 19.4 Å². The Balaban J connectivity index is 1.74. The number of nitrogens with zero attached hydrogens (tertiary/aromatic N) is 2. The first kappa shape index (κ1) is 21.4. The third-order valence-electron chi connectivity index (χ3n) is 4.86. The Morgan fingerprint density at radius 1 is 1.22 bits per heavy atom. The van der Waals surface area contributed by atoms with E-state index in [1.54, 1.807) is 7.11 Å². The summed E-state index contributed by atoms with van der Waals surface area (Å²) in [4.78, 5) is 7.36. The number of hydrogen-bond donors (Lipinski definition) is 2. The monoisotopic (exact) mass is 376 g/mol. The highest BCUT2D eigenvalue weighted by atomic mass is 16.5. The van der Waals surface area contributed by atoms with Crippen LogP contribution in [0.5, 0.6) is 11.5 Å². The molecule has 1 aliphatic heterocycles. The number of aliphatic imine (C=N–C) groups is 1. The maximum atomic E-state index is 5.76. The highest BCUT2D eigenvalue weighted by molar-refractivity contribution is 5.79. The first-order valence-corrected chi connectivity index (χ1v) is 10.2. The van der Waals surface area contributed by atoms with Crippen LogP contribution < -0.4 is 20.1 Å². The Labute approximate surface area is 164 Å². The minimum absolute atomic E-state index is 0.585. The van der Waals surface area contributed by atoms with Gasteiger partial charge in [-0.05, 0) is 70.3 Å². The standard InChI is InChI=1S/C21H36N4O2/c1-5-22-21(24-15-18-7-6-13-25(16-18)17(2)3)23-12-14-27-20-10-8-19(26-4)9-11-20/h8-11,17-18H,5-7,12-16H2,1-4H3,(H2,22,23,24). The molecule has 0 spiro atoms. The van der Waals surface area contributed by atoms with Gasteiger partial charge in [-0.2, -0.15) is 0 Å². The second-order valence-corrected chi connectivity index (χ2v) is 7.27. The minimum atomic E-state index is 0.585. The van der Waals surface area contributed by atoms with Crippen molar-refractivity contribution in [3.8, 4) is 11.5 Å². The van der Waals surface area contributed by atoms with Crippen LogP contribution in [0.25, 0.3) is 0 Å². The van der Waals surface area contributed by atoms with Crippen LogP contribution in [0, 0.1) is 5.92 Å². The van der Waals surface area contributed by atoms with Crippen LogP contribution in [-0.4, -0.2) is 63.3 Å². The maximum Gasteiger partial charge on any atom is 0.191 e. The molecule has 0 bridgehead atoms. The smallest absolute Gasteiger partial charge is 0.191 e. The van der Waals surface area contributed by atoms with Crippen molar-refractivity contribution in [1.29, 1.82) is 0 Å².